The van der Waals surface area contributed by atoms with E-state index in [9.17, 15) is 37.7 Å². The molecule has 1 aliphatic rings. The molecule has 0 atom stereocenters. The Kier molecular flexibility index (Phi) is 7.85. The Bertz CT molecular complexity index is 1640. The molecule has 1 heterocycles. The highest BCUT2D eigenvalue weighted by Crippen LogP contribution is 2.42. The summed E-state index contributed by atoms with van der Waals surface area (Å²) >= 11 is 6.52. The number of halogens is 5. The van der Waals surface area contributed by atoms with Crippen molar-refractivity contribution in [2.75, 3.05) is 4.90 Å². The molecular weight excluding hydrogens is 667 g/mol. The molecule has 0 spiro atoms. The number of hydrogen-bond donors (Lipinski definition) is 1. The van der Waals surface area contributed by atoms with Gasteiger partial charge in [-0.3, -0.25) is 25.0 Å². The monoisotopic (exact) mass is 681 g/mol. The molecule has 0 aromatic heterocycles. The van der Waals surface area contributed by atoms with Crippen molar-refractivity contribution in [2.45, 2.75) is 20.0 Å². The van der Waals surface area contributed by atoms with E-state index in [1.807, 2.05) is 6.92 Å². The molecule has 0 bridgehead atoms. The van der Waals surface area contributed by atoms with Crippen LogP contribution < -0.4 is 15.0 Å². The van der Waals surface area contributed by atoms with Gasteiger partial charge in [0, 0.05) is 16.1 Å². The summed E-state index contributed by atoms with van der Waals surface area (Å²) in [5, 5.41) is 13.7. The first-order valence-corrected chi connectivity index (χ1v) is 12.8. The van der Waals surface area contributed by atoms with Crippen LogP contribution in [0.4, 0.5) is 29.3 Å². The SMILES string of the molecule is Cc1ccc(N2C(=O)NC(=O)/C(=C\c3cc(Br)cc(Br)c3Oc3ccc(C(F)(F)F)cc3[N+](=O)[O-])C2=O)cc1C. The summed E-state index contributed by atoms with van der Waals surface area (Å²) in [5.41, 5.74) is -0.691. The number of carbonyl (C=O) groups is 3. The first-order valence-electron chi connectivity index (χ1n) is 11.2. The highest BCUT2D eigenvalue weighted by atomic mass is 79.9. The van der Waals surface area contributed by atoms with Gasteiger partial charge in [0.1, 0.15) is 11.3 Å². The van der Waals surface area contributed by atoms with Gasteiger partial charge < -0.3 is 4.74 Å². The van der Waals surface area contributed by atoms with Crippen molar-refractivity contribution in [3.63, 3.8) is 0 Å². The maximum Gasteiger partial charge on any atom is 0.416 e. The van der Waals surface area contributed by atoms with Crippen LogP contribution in [0, 0.1) is 24.0 Å². The van der Waals surface area contributed by atoms with E-state index in [2.05, 4.69) is 37.2 Å². The normalized spacial score (nSPS) is 14.9. The molecule has 40 heavy (non-hydrogen) atoms. The Morgan fingerprint density at radius 2 is 1.70 bits per heavy atom. The molecule has 1 saturated heterocycles. The molecule has 0 radical (unpaired) electrons. The molecule has 0 aliphatic carbocycles. The summed E-state index contributed by atoms with van der Waals surface area (Å²) in [6.45, 7) is 3.63. The fourth-order valence-corrected chi connectivity index (χ4v) is 5.08. The largest absolute Gasteiger partial charge is 0.448 e. The van der Waals surface area contributed by atoms with E-state index < -0.39 is 51.5 Å². The van der Waals surface area contributed by atoms with Crippen LogP contribution in [0.3, 0.4) is 0 Å². The van der Waals surface area contributed by atoms with Crippen LogP contribution in [0.5, 0.6) is 11.5 Å². The number of amides is 4. The quantitative estimate of drug-likeness (QED) is 0.131. The Labute approximate surface area is 241 Å². The van der Waals surface area contributed by atoms with Crippen LogP contribution in [-0.2, 0) is 15.8 Å². The number of nitro groups is 1. The fraction of sp³-hybridized carbons (Fsp3) is 0.115. The van der Waals surface area contributed by atoms with Crippen LogP contribution in [0.25, 0.3) is 6.08 Å². The van der Waals surface area contributed by atoms with Crippen molar-refractivity contribution in [3.05, 3.63) is 95.4 Å². The molecule has 1 N–H and O–H groups in total. The summed E-state index contributed by atoms with van der Waals surface area (Å²) in [6, 6.07) is 8.56. The summed E-state index contributed by atoms with van der Waals surface area (Å²) in [7, 11) is 0. The van der Waals surface area contributed by atoms with Crippen molar-refractivity contribution in [3.8, 4) is 11.5 Å². The summed E-state index contributed by atoms with van der Waals surface area (Å²) in [4.78, 5) is 50.0. The number of nitrogens with one attached hydrogen (secondary N) is 1. The first-order chi connectivity index (χ1) is 18.7. The van der Waals surface area contributed by atoms with E-state index in [1.165, 1.54) is 12.1 Å². The van der Waals surface area contributed by atoms with Crippen molar-refractivity contribution in [2.24, 2.45) is 0 Å². The van der Waals surface area contributed by atoms with Gasteiger partial charge in [0.2, 0.25) is 5.75 Å². The minimum Gasteiger partial charge on any atom is -0.448 e. The number of nitrogens with zero attached hydrogens (tertiary/aromatic N) is 2. The molecule has 14 heteroatoms. The molecule has 0 saturated carbocycles. The molecule has 206 valence electrons. The van der Waals surface area contributed by atoms with Crippen LogP contribution in [0.1, 0.15) is 22.3 Å². The number of anilines is 1. The number of nitro benzene ring substituents is 1. The highest BCUT2D eigenvalue weighted by molar-refractivity contribution is 9.11. The number of imide groups is 2. The van der Waals surface area contributed by atoms with Gasteiger partial charge in [-0.25, -0.2) is 9.69 Å². The van der Waals surface area contributed by atoms with E-state index in [0.717, 1.165) is 28.2 Å². The number of carbonyl (C=O) groups excluding carboxylic acids is 3. The van der Waals surface area contributed by atoms with Crippen LogP contribution in [-0.4, -0.2) is 22.8 Å². The second-order valence-electron chi connectivity index (χ2n) is 8.57. The van der Waals surface area contributed by atoms with Gasteiger partial charge in [-0.15, -0.1) is 0 Å². The van der Waals surface area contributed by atoms with Crippen LogP contribution in [0.15, 0.2) is 63.0 Å². The summed E-state index contributed by atoms with van der Waals surface area (Å²) in [5.74, 6) is -2.61. The maximum absolute atomic E-state index is 13.4. The first kappa shape index (κ1) is 29.0. The number of barbiturate groups is 1. The zero-order valence-electron chi connectivity index (χ0n) is 20.4. The van der Waals surface area contributed by atoms with Gasteiger partial charge in [0.05, 0.1) is 20.6 Å². The molecular formula is C26H16Br2F3N3O6. The lowest BCUT2D eigenvalue weighted by atomic mass is 10.0. The van der Waals surface area contributed by atoms with Crippen molar-refractivity contribution in [1.82, 2.24) is 5.32 Å². The van der Waals surface area contributed by atoms with Crippen molar-refractivity contribution < 1.29 is 37.2 Å². The molecule has 1 aliphatic heterocycles. The van der Waals surface area contributed by atoms with E-state index in [-0.39, 0.29) is 21.5 Å². The number of benzene rings is 3. The number of alkyl halides is 3. The zero-order chi connectivity index (χ0) is 29.5. The Morgan fingerprint density at radius 3 is 2.33 bits per heavy atom. The predicted molar refractivity (Wildman–Crippen MR) is 145 cm³/mol. The van der Waals surface area contributed by atoms with E-state index >= 15 is 0 Å². The third kappa shape index (κ3) is 5.77. The molecule has 3 aromatic carbocycles. The van der Waals surface area contributed by atoms with Gasteiger partial charge >= 0.3 is 17.9 Å². The lowest BCUT2D eigenvalue weighted by molar-refractivity contribution is -0.385. The third-order valence-corrected chi connectivity index (χ3v) is 6.93. The Hall–Kier alpha value is -4.04. The molecule has 3 aromatic rings. The van der Waals surface area contributed by atoms with Crippen molar-refractivity contribution in [1.29, 1.82) is 0 Å². The molecule has 4 rings (SSSR count). The number of hydrogen-bond acceptors (Lipinski definition) is 6. The topological polar surface area (TPSA) is 119 Å². The average Bonchev–Trinajstić information content (AvgIpc) is 2.85. The van der Waals surface area contributed by atoms with E-state index in [4.69, 9.17) is 4.74 Å². The Balaban J connectivity index is 1.81. The lowest BCUT2D eigenvalue weighted by Gasteiger charge is -2.27. The minimum absolute atomic E-state index is 0.0448. The number of rotatable bonds is 5. The number of ether oxygens (including phenoxy) is 1. The molecule has 4 amide bonds. The Morgan fingerprint density at radius 1 is 1.00 bits per heavy atom. The molecule has 0 unspecified atom stereocenters. The minimum atomic E-state index is -4.83. The number of urea groups is 1. The predicted octanol–water partition coefficient (Wildman–Crippen LogP) is 7.21. The lowest BCUT2D eigenvalue weighted by Crippen LogP contribution is -2.54. The fourth-order valence-electron chi connectivity index (χ4n) is 3.74. The second-order valence-corrected chi connectivity index (χ2v) is 10.3. The van der Waals surface area contributed by atoms with Crippen molar-refractivity contribution >= 4 is 67.2 Å². The number of aryl methyl sites for hydroxylation is 2. The molecule has 1 fully saturated rings. The van der Waals surface area contributed by atoms with E-state index in [0.29, 0.717) is 16.6 Å². The summed E-state index contributed by atoms with van der Waals surface area (Å²) in [6.07, 6.45) is -3.72. The molecule has 9 nitrogen and oxygen atoms in total. The van der Waals surface area contributed by atoms with E-state index in [1.54, 1.807) is 25.1 Å². The average molecular weight is 683 g/mol. The van der Waals surface area contributed by atoms with Gasteiger partial charge in [0.15, 0.2) is 0 Å². The summed E-state index contributed by atoms with van der Waals surface area (Å²) < 4.78 is 45.7. The third-order valence-electron chi connectivity index (χ3n) is 5.88. The van der Waals surface area contributed by atoms with Gasteiger partial charge in [-0.05, 0) is 83.4 Å². The van der Waals surface area contributed by atoms with Crippen LogP contribution in [0.2, 0.25) is 0 Å². The second kappa shape index (κ2) is 10.8. The van der Waals surface area contributed by atoms with Crippen LogP contribution >= 0.6 is 31.9 Å². The van der Waals surface area contributed by atoms with Gasteiger partial charge in [-0.1, -0.05) is 22.0 Å². The van der Waals surface area contributed by atoms with Gasteiger partial charge in [-0.2, -0.15) is 13.2 Å². The standard InChI is InChI=1S/C26H16Br2F3N3O6/c1-12-3-5-17(7-13(12)2)33-24(36)18(23(35)32-25(33)37)9-14-8-16(27)11-19(28)22(14)40-21-6-4-15(26(29,30)31)10-20(21)34(38)39/h3-11H,1-2H3,(H,32,35,37)/b18-9+. The highest BCUT2D eigenvalue weighted by Gasteiger charge is 2.37. The maximum atomic E-state index is 13.4. The smallest absolute Gasteiger partial charge is 0.416 e. The zero-order valence-corrected chi connectivity index (χ0v) is 23.6. The van der Waals surface area contributed by atoms with Gasteiger partial charge in [0.25, 0.3) is 11.8 Å².